The lowest BCUT2D eigenvalue weighted by atomic mass is 9.83. The summed E-state index contributed by atoms with van der Waals surface area (Å²) in [4.78, 5) is 0. The van der Waals surface area contributed by atoms with Crippen molar-refractivity contribution in [1.29, 1.82) is 0 Å². The van der Waals surface area contributed by atoms with Crippen molar-refractivity contribution in [3.63, 3.8) is 0 Å². The minimum absolute atomic E-state index is 0.354. The molecule has 1 N–H and O–H groups in total. The Morgan fingerprint density at radius 1 is 1.41 bits per heavy atom. The Kier molecular flexibility index (Phi) is 4.21. The number of hydrogen-bond acceptors (Lipinski definition) is 2. The van der Waals surface area contributed by atoms with Crippen molar-refractivity contribution in [2.75, 3.05) is 0 Å². The van der Waals surface area contributed by atoms with Crippen LogP contribution < -0.4 is 0 Å². The Morgan fingerprint density at radius 3 is 2.88 bits per heavy atom. The van der Waals surface area contributed by atoms with Gasteiger partial charge >= 0.3 is 0 Å². The fraction of sp³-hybridized carbons (Fsp3) is 0.786. The van der Waals surface area contributed by atoms with Crippen molar-refractivity contribution in [2.45, 2.75) is 64.5 Å². The van der Waals surface area contributed by atoms with E-state index in [9.17, 15) is 5.11 Å². The molecule has 1 saturated carbocycles. The molecule has 2 rings (SSSR count). The van der Waals surface area contributed by atoms with Gasteiger partial charge in [0.1, 0.15) is 0 Å². The average molecular weight is 236 g/mol. The van der Waals surface area contributed by atoms with Gasteiger partial charge < -0.3 is 5.11 Å². The van der Waals surface area contributed by atoms with Gasteiger partial charge in [0.2, 0.25) is 0 Å². The Hall–Kier alpha value is -0.830. The molecule has 0 radical (unpaired) electrons. The molecular weight excluding hydrogens is 212 g/mol. The molecule has 0 bridgehead atoms. The predicted molar refractivity (Wildman–Crippen MR) is 68.8 cm³/mol. The lowest BCUT2D eigenvalue weighted by Crippen LogP contribution is -2.23. The number of rotatable bonds is 4. The summed E-state index contributed by atoms with van der Waals surface area (Å²) in [7, 11) is 0. The van der Waals surface area contributed by atoms with Gasteiger partial charge in [-0.25, -0.2) is 0 Å². The normalized spacial score (nSPS) is 27.0. The minimum atomic E-state index is -0.354. The predicted octanol–water partition coefficient (Wildman–Crippen LogP) is 3.47. The summed E-state index contributed by atoms with van der Waals surface area (Å²) in [5.74, 6) is 0.760. The fourth-order valence-corrected chi connectivity index (χ4v) is 2.95. The van der Waals surface area contributed by atoms with Crippen LogP contribution >= 0.6 is 0 Å². The van der Waals surface area contributed by atoms with E-state index < -0.39 is 0 Å². The molecule has 3 unspecified atom stereocenters. The van der Waals surface area contributed by atoms with Crippen molar-refractivity contribution >= 4 is 0 Å². The molecule has 1 aliphatic carbocycles. The average Bonchev–Trinajstić information content (AvgIpc) is 2.87. The first-order valence-electron chi connectivity index (χ1n) is 6.98. The van der Waals surface area contributed by atoms with Crippen LogP contribution in [0.3, 0.4) is 0 Å². The van der Waals surface area contributed by atoms with Crippen LogP contribution in [0.15, 0.2) is 12.4 Å². The fourth-order valence-electron chi connectivity index (χ4n) is 2.95. The third-order valence-electron chi connectivity index (χ3n) is 4.13. The molecule has 0 amide bonds. The largest absolute Gasteiger partial charge is 0.388 e. The summed E-state index contributed by atoms with van der Waals surface area (Å²) in [5.41, 5.74) is 0.966. The topological polar surface area (TPSA) is 38.1 Å². The third kappa shape index (κ3) is 2.71. The molecule has 1 heterocycles. The standard InChI is InChI=1S/C14H24N2O/c1-3-11-7-5-6-8-13(11)16-10-12(9-15-16)14(17)4-2/h9-11,13-14,17H,3-8H2,1-2H3. The molecule has 0 spiro atoms. The highest BCUT2D eigenvalue weighted by Crippen LogP contribution is 2.35. The van der Waals surface area contributed by atoms with Crippen molar-refractivity contribution in [2.24, 2.45) is 5.92 Å². The maximum Gasteiger partial charge on any atom is 0.0817 e. The van der Waals surface area contributed by atoms with Gasteiger partial charge in [-0.1, -0.05) is 33.1 Å². The SMILES string of the molecule is CCC(O)c1cnn(C2CCCCC2CC)c1. The Balaban J connectivity index is 2.12. The molecule has 1 aromatic rings. The zero-order valence-electron chi connectivity index (χ0n) is 11.0. The van der Waals surface area contributed by atoms with Crippen LogP contribution in [-0.4, -0.2) is 14.9 Å². The third-order valence-corrected chi connectivity index (χ3v) is 4.13. The molecule has 0 saturated heterocycles. The summed E-state index contributed by atoms with van der Waals surface area (Å²) in [6.45, 7) is 4.27. The zero-order chi connectivity index (χ0) is 12.3. The number of aliphatic hydroxyl groups is 1. The van der Waals surface area contributed by atoms with Crippen LogP contribution in [0.25, 0.3) is 0 Å². The summed E-state index contributed by atoms with van der Waals surface area (Å²) < 4.78 is 2.10. The van der Waals surface area contributed by atoms with Gasteiger partial charge in [0.05, 0.1) is 18.3 Å². The molecule has 1 aliphatic rings. The molecule has 3 atom stereocenters. The van der Waals surface area contributed by atoms with Gasteiger partial charge in [-0.3, -0.25) is 4.68 Å². The molecule has 96 valence electrons. The Labute approximate surface area is 104 Å². The zero-order valence-corrected chi connectivity index (χ0v) is 11.0. The van der Waals surface area contributed by atoms with E-state index >= 15 is 0 Å². The second-order valence-corrected chi connectivity index (χ2v) is 5.20. The number of hydrogen-bond donors (Lipinski definition) is 1. The first kappa shape index (κ1) is 12.6. The first-order valence-corrected chi connectivity index (χ1v) is 6.98. The summed E-state index contributed by atoms with van der Waals surface area (Å²) in [5, 5.41) is 14.3. The highest BCUT2D eigenvalue weighted by atomic mass is 16.3. The highest BCUT2D eigenvalue weighted by molar-refractivity contribution is 5.08. The molecule has 17 heavy (non-hydrogen) atoms. The number of nitrogens with zero attached hydrogens (tertiary/aromatic N) is 2. The molecule has 0 aliphatic heterocycles. The van der Waals surface area contributed by atoms with E-state index in [-0.39, 0.29) is 6.10 Å². The van der Waals surface area contributed by atoms with E-state index in [0.717, 1.165) is 17.9 Å². The maximum absolute atomic E-state index is 9.81. The molecule has 3 heteroatoms. The van der Waals surface area contributed by atoms with Gasteiger partial charge in [-0.15, -0.1) is 0 Å². The van der Waals surface area contributed by atoms with Gasteiger partial charge in [-0.2, -0.15) is 5.10 Å². The van der Waals surface area contributed by atoms with Crippen molar-refractivity contribution in [3.8, 4) is 0 Å². The van der Waals surface area contributed by atoms with Gasteiger partial charge in [0.25, 0.3) is 0 Å². The van der Waals surface area contributed by atoms with Crippen LogP contribution in [0.2, 0.25) is 0 Å². The van der Waals surface area contributed by atoms with E-state index in [2.05, 4.69) is 16.7 Å². The van der Waals surface area contributed by atoms with Gasteiger partial charge in [0, 0.05) is 11.8 Å². The second-order valence-electron chi connectivity index (χ2n) is 5.20. The van der Waals surface area contributed by atoms with Crippen LogP contribution in [0, 0.1) is 5.92 Å². The Morgan fingerprint density at radius 2 is 2.18 bits per heavy atom. The van der Waals surface area contributed by atoms with Crippen molar-refractivity contribution < 1.29 is 5.11 Å². The van der Waals surface area contributed by atoms with E-state index in [1.54, 1.807) is 0 Å². The highest BCUT2D eigenvalue weighted by Gasteiger charge is 2.26. The van der Waals surface area contributed by atoms with E-state index in [1.807, 2.05) is 19.3 Å². The summed E-state index contributed by atoms with van der Waals surface area (Å²) in [6.07, 6.45) is 10.8. The molecule has 1 fully saturated rings. The molecule has 0 aromatic carbocycles. The van der Waals surface area contributed by atoms with Crippen molar-refractivity contribution in [1.82, 2.24) is 9.78 Å². The van der Waals surface area contributed by atoms with Gasteiger partial charge in [0.15, 0.2) is 0 Å². The van der Waals surface area contributed by atoms with Crippen LogP contribution in [0.1, 0.15) is 70.1 Å². The number of aliphatic hydroxyl groups excluding tert-OH is 1. The minimum Gasteiger partial charge on any atom is -0.388 e. The first-order chi connectivity index (χ1) is 8.26. The number of aromatic nitrogens is 2. The Bertz CT molecular complexity index is 348. The lowest BCUT2D eigenvalue weighted by molar-refractivity contribution is 0.172. The maximum atomic E-state index is 9.81. The van der Waals surface area contributed by atoms with E-state index in [4.69, 9.17) is 0 Å². The van der Waals surface area contributed by atoms with E-state index in [1.165, 1.54) is 32.1 Å². The molecule has 3 nitrogen and oxygen atoms in total. The van der Waals surface area contributed by atoms with E-state index in [0.29, 0.717) is 6.04 Å². The van der Waals surface area contributed by atoms with Crippen LogP contribution in [0.5, 0.6) is 0 Å². The monoisotopic (exact) mass is 236 g/mol. The van der Waals surface area contributed by atoms with Crippen LogP contribution in [0.4, 0.5) is 0 Å². The molecular formula is C14H24N2O. The van der Waals surface area contributed by atoms with Gasteiger partial charge in [-0.05, 0) is 25.2 Å². The lowest BCUT2D eigenvalue weighted by Gasteiger charge is -2.31. The smallest absolute Gasteiger partial charge is 0.0817 e. The molecule has 1 aromatic heterocycles. The van der Waals surface area contributed by atoms with Crippen LogP contribution in [-0.2, 0) is 0 Å². The summed E-state index contributed by atoms with van der Waals surface area (Å²) >= 11 is 0. The van der Waals surface area contributed by atoms with Crippen molar-refractivity contribution in [3.05, 3.63) is 18.0 Å². The quantitative estimate of drug-likeness (QED) is 0.869. The summed E-state index contributed by atoms with van der Waals surface area (Å²) in [6, 6.07) is 0.548. The second kappa shape index (κ2) is 5.67.